The summed E-state index contributed by atoms with van der Waals surface area (Å²) >= 11 is 1.33. The molecule has 1 N–H and O–H groups in total. The van der Waals surface area contributed by atoms with Gasteiger partial charge in [0, 0.05) is 41.3 Å². The third kappa shape index (κ3) is 4.32. The highest BCUT2D eigenvalue weighted by Gasteiger charge is 2.22. The maximum atomic E-state index is 12.3. The van der Waals surface area contributed by atoms with Crippen LogP contribution >= 0.6 is 11.3 Å². The van der Waals surface area contributed by atoms with Gasteiger partial charge in [0.15, 0.2) is 11.4 Å². The molecule has 3 aromatic rings. The van der Waals surface area contributed by atoms with Crippen LogP contribution in [0.15, 0.2) is 48.6 Å². The minimum absolute atomic E-state index is 0.110. The van der Waals surface area contributed by atoms with E-state index in [2.05, 4.69) is 31.8 Å². The standard InChI is InChI=1S/C18H14N4O2S/c1-18(24,17-21-6-7-25-17)4-2-13-8-14(11-20-10-13)16(23)9-15-3-5-19-12-22-15/h3,5-8,10-12,24H,9H2,1H3. The maximum Gasteiger partial charge on any atom is 0.174 e. The third-order valence-corrected chi connectivity index (χ3v) is 4.33. The van der Waals surface area contributed by atoms with E-state index in [1.807, 2.05) is 0 Å². The fourth-order valence-electron chi connectivity index (χ4n) is 2.06. The van der Waals surface area contributed by atoms with Gasteiger partial charge in [-0.3, -0.25) is 9.78 Å². The second-order valence-electron chi connectivity index (χ2n) is 5.42. The van der Waals surface area contributed by atoms with Crippen LogP contribution in [0.3, 0.4) is 0 Å². The smallest absolute Gasteiger partial charge is 0.174 e. The molecule has 25 heavy (non-hydrogen) atoms. The number of aromatic nitrogens is 4. The van der Waals surface area contributed by atoms with E-state index in [4.69, 9.17) is 0 Å². The molecule has 0 aliphatic carbocycles. The van der Waals surface area contributed by atoms with Crippen molar-refractivity contribution in [3.8, 4) is 11.8 Å². The van der Waals surface area contributed by atoms with E-state index in [1.54, 1.807) is 43.0 Å². The molecule has 0 amide bonds. The molecule has 0 aliphatic rings. The molecule has 3 rings (SSSR count). The van der Waals surface area contributed by atoms with Crippen LogP contribution in [0.5, 0.6) is 0 Å². The molecule has 7 heteroatoms. The van der Waals surface area contributed by atoms with Crippen molar-refractivity contribution in [1.29, 1.82) is 0 Å². The Labute approximate surface area is 148 Å². The van der Waals surface area contributed by atoms with Crippen LogP contribution in [0, 0.1) is 11.8 Å². The lowest BCUT2D eigenvalue weighted by Gasteiger charge is -2.11. The van der Waals surface area contributed by atoms with Crippen molar-refractivity contribution in [2.24, 2.45) is 0 Å². The van der Waals surface area contributed by atoms with E-state index in [0.717, 1.165) is 0 Å². The molecular weight excluding hydrogens is 336 g/mol. The van der Waals surface area contributed by atoms with E-state index in [1.165, 1.54) is 23.9 Å². The zero-order chi connectivity index (χ0) is 17.7. The van der Waals surface area contributed by atoms with Gasteiger partial charge in [0.25, 0.3) is 0 Å². The largest absolute Gasteiger partial charge is 0.371 e. The van der Waals surface area contributed by atoms with Crippen molar-refractivity contribution >= 4 is 17.1 Å². The average molecular weight is 350 g/mol. The van der Waals surface area contributed by atoms with Crippen LogP contribution in [0.25, 0.3) is 0 Å². The van der Waals surface area contributed by atoms with Crippen molar-refractivity contribution in [2.75, 3.05) is 0 Å². The van der Waals surface area contributed by atoms with Gasteiger partial charge >= 0.3 is 0 Å². The molecule has 3 heterocycles. The molecule has 3 aromatic heterocycles. The van der Waals surface area contributed by atoms with Gasteiger partial charge in [-0.1, -0.05) is 11.8 Å². The lowest BCUT2D eigenvalue weighted by atomic mass is 10.1. The van der Waals surface area contributed by atoms with Crippen LogP contribution in [0.2, 0.25) is 0 Å². The normalized spacial score (nSPS) is 12.7. The predicted octanol–water partition coefficient (Wildman–Crippen LogP) is 2.01. The number of rotatable bonds is 4. The van der Waals surface area contributed by atoms with Crippen LogP contribution < -0.4 is 0 Å². The number of nitrogens with zero attached hydrogens (tertiary/aromatic N) is 4. The fraction of sp³-hybridized carbons (Fsp3) is 0.167. The Bertz CT molecular complexity index is 928. The topological polar surface area (TPSA) is 88.9 Å². The Kier molecular flexibility index (Phi) is 4.93. The first kappa shape index (κ1) is 16.9. The fourth-order valence-corrected chi connectivity index (χ4v) is 2.71. The first-order valence-electron chi connectivity index (χ1n) is 7.43. The van der Waals surface area contributed by atoms with Crippen molar-refractivity contribution in [3.05, 3.63) is 70.5 Å². The number of Topliss-reactive ketones (excluding diaryl/α,β-unsaturated/α-hetero) is 1. The second kappa shape index (κ2) is 7.30. The van der Waals surface area contributed by atoms with Gasteiger partial charge in [0.2, 0.25) is 0 Å². The molecule has 6 nitrogen and oxygen atoms in total. The van der Waals surface area contributed by atoms with E-state index in [-0.39, 0.29) is 12.2 Å². The number of thiazole rings is 1. The maximum absolute atomic E-state index is 12.3. The van der Waals surface area contributed by atoms with Crippen LogP contribution in [-0.4, -0.2) is 30.8 Å². The first-order chi connectivity index (χ1) is 12.0. The summed E-state index contributed by atoms with van der Waals surface area (Å²) in [5.74, 6) is 5.52. The molecule has 124 valence electrons. The quantitative estimate of drug-likeness (QED) is 0.572. The minimum Gasteiger partial charge on any atom is -0.371 e. The highest BCUT2D eigenvalue weighted by molar-refractivity contribution is 7.09. The van der Waals surface area contributed by atoms with Crippen molar-refractivity contribution in [1.82, 2.24) is 19.9 Å². The lowest BCUT2D eigenvalue weighted by Crippen LogP contribution is -2.18. The summed E-state index contributed by atoms with van der Waals surface area (Å²) in [5, 5.41) is 12.7. The summed E-state index contributed by atoms with van der Waals surface area (Å²) in [5.41, 5.74) is 0.280. The van der Waals surface area contributed by atoms with E-state index in [9.17, 15) is 9.90 Å². The summed E-state index contributed by atoms with van der Waals surface area (Å²) in [6.07, 6.45) is 7.82. The molecule has 0 saturated carbocycles. The number of carbonyl (C=O) groups is 1. The number of carbonyl (C=O) groups excluding carboxylic acids is 1. The second-order valence-corrected chi connectivity index (χ2v) is 6.32. The van der Waals surface area contributed by atoms with E-state index in [0.29, 0.717) is 21.8 Å². The predicted molar refractivity (Wildman–Crippen MR) is 92.9 cm³/mol. The van der Waals surface area contributed by atoms with E-state index < -0.39 is 5.60 Å². The number of hydrogen-bond acceptors (Lipinski definition) is 7. The Morgan fingerprint density at radius 3 is 2.88 bits per heavy atom. The Balaban J connectivity index is 1.78. The molecule has 0 aliphatic heterocycles. The molecule has 0 fully saturated rings. The van der Waals surface area contributed by atoms with Gasteiger partial charge < -0.3 is 5.11 Å². The average Bonchev–Trinajstić information content (AvgIpc) is 3.17. The number of hydrogen-bond donors (Lipinski definition) is 1. The first-order valence-corrected chi connectivity index (χ1v) is 8.31. The summed E-state index contributed by atoms with van der Waals surface area (Å²) in [6, 6.07) is 3.35. The van der Waals surface area contributed by atoms with Gasteiger partial charge in [-0.05, 0) is 19.1 Å². The molecule has 0 saturated heterocycles. The lowest BCUT2D eigenvalue weighted by molar-refractivity contribution is 0.0991. The molecule has 1 unspecified atom stereocenters. The molecule has 0 radical (unpaired) electrons. The summed E-state index contributed by atoms with van der Waals surface area (Å²) in [7, 11) is 0. The molecule has 0 aromatic carbocycles. The monoisotopic (exact) mass is 350 g/mol. The Hall–Kier alpha value is -2.95. The number of ketones is 1. The van der Waals surface area contributed by atoms with Crippen molar-refractivity contribution in [2.45, 2.75) is 18.9 Å². The third-order valence-electron chi connectivity index (χ3n) is 3.34. The van der Waals surface area contributed by atoms with Crippen LogP contribution in [-0.2, 0) is 12.0 Å². The molecule has 0 spiro atoms. The summed E-state index contributed by atoms with van der Waals surface area (Å²) in [4.78, 5) is 28.4. The molecule has 1 atom stereocenters. The van der Waals surface area contributed by atoms with Gasteiger partial charge in [0.05, 0.1) is 12.1 Å². The zero-order valence-electron chi connectivity index (χ0n) is 13.4. The van der Waals surface area contributed by atoms with Gasteiger partial charge in [-0.25, -0.2) is 15.0 Å². The SMILES string of the molecule is CC(O)(C#Cc1cncc(C(=O)Cc2ccncn2)c1)c1nccs1. The number of pyridine rings is 1. The number of aliphatic hydroxyl groups is 1. The van der Waals surface area contributed by atoms with Gasteiger partial charge in [0.1, 0.15) is 11.3 Å². The van der Waals surface area contributed by atoms with Crippen LogP contribution in [0.4, 0.5) is 0 Å². The van der Waals surface area contributed by atoms with Crippen molar-refractivity contribution in [3.63, 3.8) is 0 Å². The highest BCUT2D eigenvalue weighted by atomic mass is 32.1. The minimum atomic E-state index is -1.35. The summed E-state index contributed by atoms with van der Waals surface area (Å²) in [6.45, 7) is 1.58. The van der Waals surface area contributed by atoms with Crippen molar-refractivity contribution < 1.29 is 9.90 Å². The Morgan fingerprint density at radius 1 is 1.28 bits per heavy atom. The van der Waals surface area contributed by atoms with Gasteiger partial charge in [-0.15, -0.1) is 11.3 Å². The molecular formula is C18H14N4O2S. The van der Waals surface area contributed by atoms with Crippen LogP contribution in [0.1, 0.15) is 33.5 Å². The molecule has 0 bridgehead atoms. The zero-order valence-corrected chi connectivity index (χ0v) is 14.2. The van der Waals surface area contributed by atoms with E-state index >= 15 is 0 Å². The summed E-state index contributed by atoms with van der Waals surface area (Å²) < 4.78 is 0. The van der Waals surface area contributed by atoms with Gasteiger partial charge in [-0.2, -0.15) is 0 Å². The highest BCUT2D eigenvalue weighted by Crippen LogP contribution is 2.21. The Morgan fingerprint density at radius 2 is 2.16 bits per heavy atom.